The second kappa shape index (κ2) is 6.53. The van der Waals surface area contributed by atoms with Crippen LogP contribution in [-0.2, 0) is 0 Å². The Morgan fingerprint density at radius 3 is 2.67 bits per heavy atom. The number of hydrogen-bond donors (Lipinski definition) is 2. The van der Waals surface area contributed by atoms with Crippen LogP contribution in [0.3, 0.4) is 0 Å². The van der Waals surface area contributed by atoms with E-state index in [0.29, 0.717) is 26.2 Å². The Balaban J connectivity index is 1.89. The fraction of sp³-hybridized carbons (Fsp3) is 0.667. The molecule has 0 bridgehead atoms. The highest BCUT2D eigenvalue weighted by atomic mass is 16.4. The summed E-state index contributed by atoms with van der Waals surface area (Å²) in [7, 11) is 0. The molecule has 1 saturated heterocycles. The van der Waals surface area contributed by atoms with Crippen LogP contribution in [0.2, 0.25) is 0 Å². The van der Waals surface area contributed by atoms with Gasteiger partial charge in [-0.15, -0.1) is 5.10 Å². The fourth-order valence-electron chi connectivity index (χ4n) is 2.23. The van der Waals surface area contributed by atoms with Crippen LogP contribution in [0.25, 0.3) is 0 Å². The van der Waals surface area contributed by atoms with Crippen LogP contribution in [0.4, 0.5) is 4.79 Å². The lowest BCUT2D eigenvalue weighted by molar-refractivity contribution is 0.0689. The van der Waals surface area contributed by atoms with E-state index in [1.807, 2.05) is 6.92 Å². The summed E-state index contributed by atoms with van der Waals surface area (Å²) < 4.78 is 1.48. The number of amides is 2. The number of likely N-dealkylation sites (tertiary alicyclic amines) is 1. The van der Waals surface area contributed by atoms with Gasteiger partial charge in [0.2, 0.25) is 0 Å². The molecule has 1 aromatic heterocycles. The number of urea groups is 1. The van der Waals surface area contributed by atoms with Gasteiger partial charge in [-0.3, -0.25) is 0 Å². The summed E-state index contributed by atoms with van der Waals surface area (Å²) >= 11 is 0. The van der Waals surface area contributed by atoms with Gasteiger partial charge in [0.1, 0.15) is 0 Å². The Hall–Kier alpha value is -2.16. The number of carboxylic acid groups (broad SMARTS) is 1. The summed E-state index contributed by atoms with van der Waals surface area (Å²) in [4.78, 5) is 26.2. The molecule has 21 heavy (non-hydrogen) atoms. The van der Waals surface area contributed by atoms with Gasteiger partial charge in [0.05, 0.1) is 18.8 Å². The zero-order valence-electron chi connectivity index (χ0n) is 11.8. The van der Waals surface area contributed by atoms with Crippen molar-refractivity contribution < 1.29 is 19.8 Å². The highest BCUT2D eigenvalue weighted by Crippen LogP contribution is 2.21. The predicted octanol–water partition coefficient (Wildman–Crippen LogP) is -0.343. The van der Waals surface area contributed by atoms with Crippen LogP contribution in [0, 0.1) is 0 Å². The molecule has 1 aliphatic heterocycles. The molecule has 2 heterocycles. The quantitative estimate of drug-likeness (QED) is 0.742. The highest BCUT2D eigenvalue weighted by Gasteiger charge is 2.35. The smallest absolute Gasteiger partial charge is 0.358 e. The van der Waals surface area contributed by atoms with E-state index in [-0.39, 0.29) is 24.4 Å². The van der Waals surface area contributed by atoms with Gasteiger partial charge < -0.3 is 20.0 Å². The molecule has 116 valence electrons. The number of carbonyl (C=O) groups excluding carboxylic acids is 1. The van der Waals surface area contributed by atoms with Gasteiger partial charge in [-0.1, -0.05) is 12.1 Å². The Morgan fingerprint density at radius 1 is 1.43 bits per heavy atom. The zero-order chi connectivity index (χ0) is 15.4. The third-order valence-corrected chi connectivity index (χ3v) is 3.37. The molecule has 9 heteroatoms. The Bertz CT molecular complexity index is 506. The monoisotopic (exact) mass is 297 g/mol. The minimum atomic E-state index is -1.12. The van der Waals surface area contributed by atoms with E-state index >= 15 is 0 Å². The summed E-state index contributed by atoms with van der Waals surface area (Å²) in [6, 6.07) is -0.159. The summed E-state index contributed by atoms with van der Waals surface area (Å²) in [5.41, 5.74) is -0.104. The fourth-order valence-corrected chi connectivity index (χ4v) is 2.23. The molecule has 1 aromatic rings. The van der Waals surface area contributed by atoms with Crippen molar-refractivity contribution in [2.75, 3.05) is 32.8 Å². The average molecular weight is 297 g/mol. The number of aromatic carboxylic acids is 1. The van der Waals surface area contributed by atoms with Crippen molar-refractivity contribution in [1.82, 2.24) is 24.8 Å². The van der Waals surface area contributed by atoms with Crippen LogP contribution in [0.5, 0.6) is 0 Å². The van der Waals surface area contributed by atoms with E-state index in [1.54, 1.807) is 9.80 Å². The predicted molar refractivity (Wildman–Crippen MR) is 71.9 cm³/mol. The highest BCUT2D eigenvalue weighted by molar-refractivity contribution is 5.84. The number of aliphatic hydroxyl groups is 1. The summed E-state index contributed by atoms with van der Waals surface area (Å²) in [5, 5.41) is 25.1. The van der Waals surface area contributed by atoms with Gasteiger partial charge in [-0.2, -0.15) is 0 Å². The molecule has 0 aliphatic carbocycles. The van der Waals surface area contributed by atoms with Crippen molar-refractivity contribution in [3.05, 3.63) is 11.9 Å². The van der Waals surface area contributed by atoms with Crippen LogP contribution >= 0.6 is 0 Å². The van der Waals surface area contributed by atoms with E-state index in [2.05, 4.69) is 10.3 Å². The number of hydrogen-bond acceptors (Lipinski definition) is 5. The standard InChI is InChI=1S/C12H19N5O4/c1-2-3-15(4-5-18)12(21)16-6-9(7-16)17-8-10(11(19)20)13-14-17/h8-9,18H,2-7H2,1H3,(H,19,20). The molecular formula is C12H19N5O4. The molecule has 2 N–H and O–H groups in total. The van der Waals surface area contributed by atoms with Gasteiger partial charge in [0.15, 0.2) is 5.69 Å². The Labute approximate surface area is 121 Å². The average Bonchev–Trinajstić information content (AvgIpc) is 2.86. The number of carboxylic acids is 1. The molecule has 1 aliphatic rings. The molecule has 0 saturated carbocycles. The number of rotatable bonds is 6. The number of carbonyl (C=O) groups is 2. The van der Waals surface area contributed by atoms with Gasteiger partial charge in [0.25, 0.3) is 0 Å². The van der Waals surface area contributed by atoms with Gasteiger partial charge in [-0.25, -0.2) is 14.3 Å². The largest absolute Gasteiger partial charge is 0.476 e. The maximum atomic E-state index is 12.2. The number of aliphatic hydroxyl groups excluding tert-OH is 1. The van der Waals surface area contributed by atoms with Crippen LogP contribution < -0.4 is 0 Å². The van der Waals surface area contributed by atoms with Crippen molar-refractivity contribution in [3.63, 3.8) is 0 Å². The Kier molecular flexibility index (Phi) is 4.73. The molecule has 9 nitrogen and oxygen atoms in total. The van der Waals surface area contributed by atoms with Crippen LogP contribution in [0.1, 0.15) is 29.9 Å². The SMILES string of the molecule is CCCN(CCO)C(=O)N1CC(n2cc(C(=O)O)nn2)C1. The molecule has 0 radical (unpaired) electrons. The molecule has 2 rings (SSSR count). The summed E-state index contributed by atoms with van der Waals surface area (Å²) in [6.45, 7) is 3.76. The van der Waals surface area contributed by atoms with Crippen molar-refractivity contribution in [2.24, 2.45) is 0 Å². The summed E-state index contributed by atoms with van der Waals surface area (Å²) in [5.74, 6) is -1.12. The second-order valence-corrected chi connectivity index (χ2v) is 4.94. The molecule has 2 amide bonds. The minimum Gasteiger partial charge on any atom is -0.476 e. The molecular weight excluding hydrogens is 278 g/mol. The van der Waals surface area contributed by atoms with Gasteiger partial charge in [-0.05, 0) is 6.42 Å². The van der Waals surface area contributed by atoms with Crippen molar-refractivity contribution in [2.45, 2.75) is 19.4 Å². The van der Waals surface area contributed by atoms with Crippen molar-refractivity contribution in [3.8, 4) is 0 Å². The molecule has 0 unspecified atom stereocenters. The molecule has 0 spiro atoms. The number of nitrogens with zero attached hydrogens (tertiary/aromatic N) is 5. The third kappa shape index (κ3) is 3.30. The summed E-state index contributed by atoms with van der Waals surface area (Å²) in [6.07, 6.45) is 2.19. The first kappa shape index (κ1) is 15.2. The third-order valence-electron chi connectivity index (χ3n) is 3.37. The van der Waals surface area contributed by atoms with E-state index in [0.717, 1.165) is 6.42 Å². The first-order valence-corrected chi connectivity index (χ1v) is 6.86. The molecule has 0 atom stereocenters. The lowest BCUT2D eigenvalue weighted by Gasteiger charge is -2.41. The maximum absolute atomic E-state index is 12.2. The van der Waals surface area contributed by atoms with Crippen molar-refractivity contribution in [1.29, 1.82) is 0 Å². The van der Waals surface area contributed by atoms with E-state index in [9.17, 15) is 9.59 Å². The van der Waals surface area contributed by atoms with Gasteiger partial charge in [0, 0.05) is 26.2 Å². The number of aromatic nitrogens is 3. The first-order valence-electron chi connectivity index (χ1n) is 6.86. The molecule has 0 aromatic carbocycles. The lowest BCUT2D eigenvalue weighted by Crippen LogP contribution is -2.56. The minimum absolute atomic E-state index is 0.0489. The lowest BCUT2D eigenvalue weighted by atomic mass is 10.1. The second-order valence-electron chi connectivity index (χ2n) is 4.94. The van der Waals surface area contributed by atoms with Crippen LogP contribution in [-0.4, -0.2) is 79.8 Å². The Morgan fingerprint density at radius 2 is 2.14 bits per heavy atom. The molecule has 1 fully saturated rings. The topological polar surface area (TPSA) is 112 Å². The van der Waals surface area contributed by atoms with E-state index in [1.165, 1.54) is 10.9 Å². The van der Waals surface area contributed by atoms with Crippen molar-refractivity contribution >= 4 is 12.0 Å². The first-order chi connectivity index (χ1) is 10.1. The van der Waals surface area contributed by atoms with E-state index < -0.39 is 5.97 Å². The zero-order valence-corrected chi connectivity index (χ0v) is 11.8. The van der Waals surface area contributed by atoms with Gasteiger partial charge >= 0.3 is 12.0 Å². The normalized spacial score (nSPS) is 14.9. The van der Waals surface area contributed by atoms with Crippen LogP contribution in [0.15, 0.2) is 6.20 Å². The van der Waals surface area contributed by atoms with E-state index in [4.69, 9.17) is 10.2 Å². The maximum Gasteiger partial charge on any atom is 0.358 e.